The van der Waals surface area contributed by atoms with Crippen molar-refractivity contribution in [1.82, 2.24) is 10.2 Å². The fourth-order valence-electron chi connectivity index (χ4n) is 3.57. The second kappa shape index (κ2) is 7.66. The Kier molecular flexibility index (Phi) is 5.35. The topological polar surface area (TPSA) is 78.9 Å². The van der Waals surface area contributed by atoms with Crippen LogP contribution in [0.4, 0.5) is 0 Å². The number of fused-ring (bicyclic) bond motifs is 1. The molecule has 6 nitrogen and oxygen atoms in total. The van der Waals surface area contributed by atoms with Gasteiger partial charge in [0.05, 0.1) is 13.2 Å². The van der Waals surface area contributed by atoms with Crippen molar-refractivity contribution in [1.29, 1.82) is 0 Å². The van der Waals surface area contributed by atoms with E-state index in [2.05, 4.69) is 22.3 Å². The van der Waals surface area contributed by atoms with Gasteiger partial charge in [0.15, 0.2) is 0 Å². The highest BCUT2D eigenvalue weighted by molar-refractivity contribution is 5.82. The van der Waals surface area contributed by atoms with E-state index in [1.807, 2.05) is 6.07 Å². The van der Waals surface area contributed by atoms with Crippen molar-refractivity contribution in [3.05, 3.63) is 29.3 Å². The highest BCUT2D eigenvalue weighted by atomic mass is 16.5. The van der Waals surface area contributed by atoms with Crippen LogP contribution >= 0.6 is 0 Å². The van der Waals surface area contributed by atoms with Gasteiger partial charge in [0, 0.05) is 19.0 Å². The van der Waals surface area contributed by atoms with E-state index in [1.54, 1.807) is 0 Å². The van der Waals surface area contributed by atoms with Gasteiger partial charge in [-0.15, -0.1) is 0 Å². The zero-order valence-electron chi connectivity index (χ0n) is 13.8. The van der Waals surface area contributed by atoms with Crippen molar-refractivity contribution in [3.63, 3.8) is 0 Å². The van der Waals surface area contributed by atoms with Gasteiger partial charge in [-0.2, -0.15) is 0 Å². The van der Waals surface area contributed by atoms with Crippen molar-refractivity contribution in [2.24, 2.45) is 0 Å². The summed E-state index contributed by atoms with van der Waals surface area (Å²) in [6.45, 7) is 1.36. The number of nitrogens with zero attached hydrogens (tertiary/aromatic N) is 1. The molecule has 6 heteroatoms. The Hall–Kier alpha value is -2.08. The zero-order chi connectivity index (χ0) is 16.9. The molecule has 0 atom stereocenters. The summed E-state index contributed by atoms with van der Waals surface area (Å²) in [4.78, 5) is 24.8. The Morgan fingerprint density at radius 1 is 1.29 bits per heavy atom. The number of nitrogens with one attached hydrogen (secondary N) is 1. The van der Waals surface area contributed by atoms with Crippen LogP contribution < -0.4 is 10.1 Å². The minimum absolute atomic E-state index is 0.228. The minimum atomic E-state index is -1.02. The lowest BCUT2D eigenvalue weighted by Gasteiger charge is -2.28. The Morgan fingerprint density at radius 3 is 2.83 bits per heavy atom. The fraction of sp³-hybridized carbons (Fsp3) is 0.556. The fourth-order valence-corrected chi connectivity index (χ4v) is 3.57. The molecular weight excluding hydrogens is 308 g/mol. The number of rotatable bonds is 7. The van der Waals surface area contributed by atoms with E-state index in [4.69, 9.17) is 9.84 Å². The third-order valence-electron chi connectivity index (χ3n) is 4.76. The maximum absolute atomic E-state index is 12.1. The van der Waals surface area contributed by atoms with Crippen LogP contribution in [-0.2, 0) is 22.6 Å². The lowest BCUT2D eigenvalue weighted by Crippen LogP contribution is -2.42. The van der Waals surface area contributed by atoms with Crippen molar-refractivity contribution in [2.75, 3.05) is 19.7 Å². The second-order valence-electron chi connectivity index (χ2n) is 6.55. The van der Waals surface area contributed by atoms with Gasteiger partial charge in [-0.3, -0.25) is 14.5 Å². The molecule has 1 aliphatic heterocycles. The molecule has 0 unspecified atom stereocenters. The summed E-state index contributed by atoms with van der Waals surface area (Å²) in [5, 5.41) is 11.2. The van der Waals surface area contributed by atoms with Crippen molar-refractivity contribution < 1.29 is 19.4 Å². The Morgan fingerprint density at radius 2 is 2.08 bits per heavy atom. The number of amides is 1. The summed E-state index contributed by atoms with van der Waals surface area (Å²) >= 11 is 0. The Bertz CT molecular complexity index is 611. The van der Waals surface area contributed by atoms with Gasteiger partial charge < -0.3 is 15.2 Å². The molecule has 1 amide bonds. The Balaban J connectivity index is 1.65. The van der Waals surface area contributed by atoms with E-state index in [1.165, 1.54) is 24.0 Å². The Labute approximate surface area is 141 Å². The zero-order valence-corrected chi connectivity index (χ0v) is 13.8. The quantitative estimate of drug-likeness (QED) is 0.792. The van der Waals surface area contributed by atoms with Crippen LogP contribution in [0.2, 0.25) is 0 Å². The molecule has 1 heterocycles. The smallest absolute Gasteiger partial charge is 0.322 e. The summed E-state index contributed by atoms with van der Waals surface area (Å²) in [5.41, 5.74) is 2.41. The average molecular weight is 332 g/mol. The van der Waals surface area contributed by atoms with Crippen LogP contribution in [0.1, 0.15) is 36.8 Å². The van der Waals surface area contributed by atoms with Gasteiger partial charge in [0.25, 0.3) is 0 Å². The maximum atomic E-state index is 12.1. The van der Waals surface area contributed by atoms with Gasteiger partial charge in [-0.05, 0) is 30.0 Å². The molecule has 1 saturated carbocycles. The van der Waals surface area contributed by atoms with E-state index in [9.17, 15) is 9.59 Å². The molecule has 2 N–H and O–H groups in total. The predicted octanol–water partition coefficient (Wildman–Crippen LogP) is 1.57. The second-order valence-corrected chi connectivity index (χ2v) is 6.55. The van der Waals surface area contributed by atoms with E-state index >= 15 is 0 Å². The summed E-state index contributed by atoms with van der Waals surface area (Å²) in [5.74, 6) is -0.284. The first-order valence-corrected chi connectivity index (χ1v) is 8.59. The van der Waals surface area contributed by atoms with Gasteiger partial charge >= 0.3 is 5.97 Å². The first kappa shape index (κ1) is 16.8. The molecule has 1 fully saturated rings. The van der Waals surface area contributed by atoms with Gasteiger partial charge in [-0.25, -0.2) is 0 Å². The molecule has 130 valence electrons. The molecular formula is C18H24N2O4. The summed E-state index contributed by atoms with van der Waals surface area (Å²) in [7, 11) is 0. The number of carboxylic acid groups (broad SMARTS) is 1. The van der Waals surface area contributed by atoms with Gasteiger partial charge in [-0.1, -0.05) is 25.0 Å². The van der Waals surface area contributed by atoms with E-state index in [0.29, 0.717) is 12.6 Å². The number of hydrogen-bond donors (Lipinski definition) is 2. The monoisotopic (exact) mass is 332 g/mol. The molecule has 0 radical (unpaired) electrons. The largest absolute Gasteiger partial charge is 0.493 e. The van der Waals surface area contributed by atoms with Gasteiger partial charge in [0.2, 0.25) is 5.91 Å². The molecule has 1 aromatic rings. The molecule has 1 aliphatic carbocycles. The van der Waals surface area contributed by atoms with Crippen LogP contribution in [0.3, 0.4) is 0 Å². The molecule has 3 rings (SSSR count). The van der Waals surface area contributed by atoms with Crippen molar-refractivity contribution in [2.45, 2.75) is 44.7 Å². The van der Waals surface area contributed by atoms with Crippen LogP contribution in [-0.4, -0.2) is 47.6 Å². The average Bonchev–Trinajstić information content (AvgIpc) is 3.23. The number of benzene rings is 1. The molecule has 0 bridgehead atoms. The standard InChI is InChI=1S/C18H24N2O4/c21-17(19-10-18(22)23)12-20(15-3-1-2-4-15)11-13-5-6-16-14(9-13)7-8-24-16/h5-6,9,15H,1-4,7-8,10-12H2,(H,19,21)(H,22,23). The highest BCUT2D eigenvalue weighted by Gasteiger charge is 2.25. The van der Waals surface area contributed by atoms with Crippen LogP contribution in [0.25, 0.3) is 0 Å². The van der Waals surface area contributed by atoms with Crippen LogP contribution in [0.15, 0.2) is 18.2 Å². The lowest BCUT2D eigenvalue weighted by molar-refractivity contribution is -0.138. The number of ether oxygens (including phenoxy) is 1. The van der Waals surface area contributed by atoms with E-state index in [-0.39, 0.29) is 19.0 Å². The number of carbonyl (C=O) groups excluding carboxylic acids is 1. The maximum Gasteiger partial charge on any atom is 0.322 e. The summed E-state index contributed by atoms with van der Waals surface area (Å²) < 4.78 is 5.54. The molecule has 0 saturated heterocycles. The van der Waals surface area contributed by atoms with E-state index in [0.717, 1.165) is 31.6 Å². The molecule has 24 heavy (non-hydrogen) atoms. The predicted molar refractivity (Wildman–Crippen MR) is 89.0 cm³/mol. The molecule has 0 aromatic heterocycles. The van der Waals surface area contributed by atoms with E-state index < -0.39 is 5.97 Å². The number of carbonyl (C=O) groups is 2. The van der Waals surface area contributed by atoms with Crippen molar-refractivity contribution >= 4 is 11.9 Å². The van der Waals surface area contributed by atoms with Gasteiger partial charge in [0.1, 0.15) is 12.3 Å². The molecule has 0 spiro atoms. The summed E-state index contributed by atoms with van der Waals surface area (Å²) in [6.07, 6.45) is 5.51. The molecule has 2 aliphatic rings. The highest BCUT2D eigenvalue weighted by Crippen LogP contribution is 2.28. The number of hydrogen-bond acceptors (Lipinski definition) is 4. The third kappa shape index (κ3) is 4.26. The minimum Gasteiger partial charge on any atom is -0.493 e. The normalized spacial score (nSPS) is 16.9. The number of carboxylic acids is 1. The SMILES string of the molecule is O=C(O)CNC(=O)CN(Cc1ccc2c(c1)CCO2)C1CCCC1. The third-order valence-corrected chi connectivity index (χ3v) is 4.76. The first-order chi connectivity index (χ1) is 11.6. The summed E-state index contributed by atoms with van der Waals surface area (Å²) in [6, 6.07) is 6.63. The number of aliphatic carboxylic acids is 1. The first-order valence-electron chi connectivity index (χ1n) is 8.59. The van der Waals surface area contributed by atoms with Crippen molar-refractivity contribution in [3.8, 4) is 5.75 Å². The van der Waals surface area contributed by atoms with Crippen LogP contribution in [0.5, 0.6) is 5.75 Å². The molecule has 1 aromatic carbocycles. The van der Waals surface area contributed by atoms with Crippen LogP contribution in [0, 0.1) is 0 Å². The lowest BCUT2D eigenvalue weighted by atomic mass is 10.1.